The maximum atomic E-state index is 13.0. The van der Waals surface area contributed by atoms with Crippen LogP contribution in [0.5, 0.6) is 5.75 Å². The van der Waals surface area contributed by atoms with Crippen molar-refractivity contribution in [3.63, 3.8) is 0 Å². The number of methoxy groups -OCH3 is 1. The molecule has 6 aromatic rings. The number of amides is 1. The van der Waals surface area contributed by atoms with Crippen LogP contribution in [0.3, 0.4) is 0 Å². The van der Waals surface area contributed by atoms with E-state index in [1.54, 1.807) is 24.1 Å². The Morgan fingerprint density at radius 2 is 1.86 bits per heavy atom. The Kier molecular flexibility index (Phi) is 7.03. The normalized spacial score (nSPS) is 13.9. The first-order valence-corrected chi connectivity index (χ1v) is 14.4. The van der Waals surface area contributed by atoms with Gasteiger partial charge in [0.1, 0.15) is 29.4 Å². The van der Waals surface area contributed by atoms with Crippen molar-refractivity contribution in [1.82, 2.24) is 34.6 Å². The molecule has 7 rings (SSSR count). The number of nitrogens with two attached hydrogens (primary N) is 1. The Hall–Kier alpha value is -5.49. The van der Waals surface area contributed by atoms with E-state index in [1.807, 2.05) is 54.6 Å². The van der Waals surface area contributed by atoms with Crippen LogP contribution in [0, 0.1) is 0 Å². The fourth-order valence-corrected chi connectivity index (χ4v) is 5.64. The number of piperazine rings is 1. The van der Waals surface area contributed by atoms with Crippen LogP contribution in [0.2, 0.25) is 0 Å². The third kappa shape index (κ3) is 5.15. The standard InChI is InChI=1S/C32H32N10O2/c1-40-11-13-41(14-12-40)27-18-23(9-10-34-27)42-32-29(31(33)35-19-36-32)30(39-42)21-7-8-25(26(16-21)44-2)38-28(43)17-22-15-20-5-3-4-6-24(20)37-22/h3-10,15-16,18-19,37H,11-14,17H2,1-2H3,(H,38,43)(H2,33,35,36). The highest BCUT2D eigenvalue weighted by Gasteiger charge is 2.21. The monoisotopic (exact) mass is 588 g/mol. The molecule has 0 unspecified atom stereocenters. The largest absolute Gasteiger partial charge is 0.495 e. The molecule has 0 bridgehead atoms. The van der Waals surface area contributed by atoms with E-state index in [2.05, 4.69) is 42.1 Å². The summed E-state index contributed by atoms with van der Waals surface area (Å²) in [6.45, 7) is 3.76. The van der Waals surface area contributed by atoms with E-state index in [9.17, 15) is 4.79 Å². The quantitative estimate of drug-likeness (QED) is 0.253. The van der Waals surface area contributed by atoms with Crippen molar-refractivity contribution >= 4 is 45.2 Å². The summed E-state index contributed by atoms with van der Waals surface area (Å²) >= 11 is 0. The maximum absolute atomic E-state index is 13.0. The second-order valence-electron chi connectivity index (χ2n) is 10.9. The zero-order valence-electron chi connectivity index (χ0n) is 24.5. The van der Waals surface area contributed by atoms with Crippen molar-refractivity contribution in [3.8, 4) is 22.7 Å². The van der Waals surface area contributed by atoms with Crippen LogP contribution in [0.25, 0.3) is 38.9 Å². The summed E-state index contributed by atoms with van der Waals surface area (Å²) < 4.78 is 7.46. The lowest BCUT2D eigenvalue weighted by Gasteiger charge is -2.33. The van der Waals surface area contributed by atoms with Gasteiger partial charge in [0.05, 0.1) is 30.3 Å². The third-order valence-electron chi connectivity index (χ3n) is 7.98. The number of carbonyl (C=O) groups is 1. The minimum atomic E-state index is -0.163. The van der Waals surface area contributed by atoms with Gasteiger partial charge in [0.15, 0.2) is 5.65 Å². The lowest BCUT2D eigenvalue weighted by atomic mass is 10.1. The molecule has 0 atom stereocenters. The molecule has 222 valence electrons. The zero-order valence-corrected chi connectivity index (χ0v) is 24.5. The second-order valence-corrected chi connectivity index (χ2v) is 10.9. The summed E-state index contributed by atoms with van der Waals surface area (Å²) in [4.78, 5) is 34.3. The second kappa shape index (κ2) is 11.3. The van der Waals surface area contributed by atoms with Crippen LogP contribution in [-0.2, 0) is 11.2 Å². The third-order valence-corrected chi connectivity index (χ3v) is 7.98. The van der Waals surface area contributed by atoms with Crippen LogP contribution in [0.4, 0.5) is 17.3 Å². The lowest BCUT2D eigenvalue weighted by molar-refractivity contribution is -0.115. The summed E-state index contributed by atoms with van der Waals surface area (Å²) in [5.74, 6) is 1.53. The molecule has 1 amide bonds. The molecule has 5 heterocycles. The molecule has 12 heteroatoms. The van der Waals surface area contributed by atoms with E-state index in [0.717, 1.165) is 59.8 Å². The number of carbonyl (C=O) groups excluding carboxylic acids is 1. The molecule has 1 aliphatic heterocycles. The van der Waals surface area contributed by atoms with Gasteiger partial charge < -0.3 is 30.6 Å². The molecule has 2 aromatic carbocycles. The molecule has 0 radical (unpaired) electrons. The van der Waals surface area contributed by atoms with E-state index >= 15 is 0 Å². The fraction of sp³-hybridized carbons (Fsp3) is 0.219. The fourth-order valence-electron chi connectivity index (χ4n) is 5.64. The smallest absolute Gasteiger partial charge is 0.230 e. The highest BCUT2D eigenvalue weighted by Crippen LogP contribution is 2.36. The summed E-state index contributed by atoms with van der Waals surface area (Å²) in [6, 6.07) is 19.4. The average molecular weight is 589 g/mol. The lowest BCUT2D eigenvalue weighted by Crippen LogP contribution is -2.44. The van der Waals surface area contributed by atoms with Crippen LogP contribution in [-0.4, -0.2) is 80.9 Å². The Morgan fingerprint density at radius 1 is 1.02 bits per heavy atom. The Bertz CT molecular complexity index is 1960. The highest BCUT2D eigenvalue weighted by atomic mass is 16.5. The summed E-state index contributed by atoms with van der Waals surface area (Å²) in [5, 5.41) is 9.64. The molecule has 0 spiro atoms. The summed E-state index contributed by atoms with van der Waals surface area (Å²) in [7, 11) is 3.70. The molecule has 1 fully saturated rings. The molecule has 4 N–H and O–H groups in total. The number of anilines is 3. The van der Waals surface area contributed by atoms with Crippen molar-refractivity contribution in [2.45, 2.75) is 6.42 Å². The molecule has 44 heavy (non-hydrogen) atoms. The number of rotatable bonds is 7. The van der Waals surface area contributed by atoms with E-state index in [0.29, 0.717) is 34.0 Å². The Labute approximate surface area is 253 Å². The van der Waals surface area contributed by atoms with Gasteiger partial charge in [-0.3, -0.25) is 4.79 Å². The summed E-state index contributed by atoms with van der Waals surface area (Å²) in [5.41, 5.74) is 11.5. The number of benzene rings is 2. The van der Waals surface area contributed by atoms with Crippen molar-refractivity contribution in [3.05, 3.63) is 78.9 Å². The number of aromatic nitrogens is 6. The minimum Gasteiger partial charge on any atom is -0.495 e. The number of aromatic amines is 1. The number of nitrogens with zero attached hydrogens (tertiary/aromatic N) is 7. The molecule has 4 aromatic heterocycles. The van der Waals surface area contributed by atoms with Gasteiger partial charge in [-0.2, -0.15) is 5.10 Å². The molecule has 1 aliphatic rings. The van der Waals surface area contributed by atoms with E-state index in [4.69, 9.17) is 15.6 Å². The number of hydrogen-bond acceptors (Lipinski definition) is 9. The Morgan fingerprint density at radius 3 is 2.68 bits per heavy atom. The van der Waals surface area contributed by atoms with Gasteiger partial charge in [-0.05, 0) is 42.8 Å². The van der Waals surface area contributed by atoms with Crippen molar-refractivity contribution in [2.24, 2.45) is 0 Å². The van der Waals surface area contributed by atoms with E-state index in [-0.39, 0.29) is 12.3 Å². The number of nitrogens with one attached hydrogen (secondary N) is 2. The minimum absolute atomic E-state index is 0.163. The van der Waals surface area contributed by atoms with Gasteiger partial charge in [-0.15, -0.1) is 0 Å². The van der Waals surface area contributed by atoms with E-state index < -0.39 is 0 Å². The SMILES string of the molecule is COc1cc(-c2nn(-c3ccnc(N4CCN(C)CC4)c3)c3ncnc(N)c23)ccc1NC(=O)Cc1cc2ccccc2[nH]1. The van der Waals surface area contributed by atoms with Gasteiger partial charge in [0.2, 0.25) is 5.91 Å². The van der Waals surface area contributed by atoms with Crippen molar-refractivity contribution < 1.29 is 9.53 Å². The molecule has 1 saturated heterocycles. The zero-order chi connectivity index (χ0) is 30.2. The number of hydrogen-bond donors (Lipinski definition) is 3. The van der Waals surface area contributed by atoms with Crippen LogP contribution >= 0.6 is 0 Å². The van der Waals surface area contributed by atoms with Gasteiger partial charge in [0.25, 0.3) is 0 Å². The number of ether oxygens (including phenoxy) is 1. The molecule has 0 saturated carbocycles. The first-order valence-electron chi connectivity index (χ1n) is 14.4. The number of pyridine rings is 1. The van der Waals surface area contributed by atoms with Crippen LogP contribution < -0.4 is 20.7 Å². The average Bonchev–Trinajstić information content (AvgIpc) is 3.64. The maximum Gasteiger partial charge on any atom is 0.230 e. The number of nitrogen functional groups attached to an aromatic ring is 1. The number of likely N-dealkylation sites (N-methyl/N-ethyl adjacent to an activating group) is 1. The Balaban J connectivity index is 1.20. The number of H-pyrrole nitrogens is 1. The highest BCUT2D eigenvalue weighted by molar-refractivity contribution is 6.00. The van der Waals surface area contributed by atoms with Crippen LogP contribution in [0.15, 0.2) is 73.2 Å². The molecular weight excluding hydrogens is 556 g/mol. The first kappa shape index (κ1) is 27.3. The summed E-state index contributed by atoms with van der Waals surface area (Å²) in [6.07, 6.45) is 3.43. The first-order chi connectivity index (χ1) is 21.5. The van der Waals surface area contributed by atoms with Gasteiger partial charge >= 0.3 is 0 Å². The molecular formula is C32H32N10O2. The van der Waals surface area contributed by atoms with Gasteiger partial charge in [0, 0.05) is 55.2 Å². The molecule has 0 aliphatic carbocycles. The van der Waals surface area contributed by atoms with Gasteiger partial charge in [-0.1, -0.05) is 24.3 Å². The number of fused-ring (bicyclic) bond motifs is 2. The number of para-hydroxylation sites is 1. The predicted molar refractivity (Wildman–Crippen MR) is 171 cm³/mol. The topological polar surface area (TPSA) is 143 Å². The molecule has 12 nitrogen and oxygen atoms in total. The van der Waals surface area contributed by atoms with E-state index in [1.165, 1.54) is 6.33 Å². The van der Waals surface area contributed by atoms with Gasteiger partial charge in [-0.25, -0.2) is 19.6 Å². The van der Waals surface area contributed by atoms with Crippen molar-refractivity contribution in [2.75, 3.05) is 56.3 Å². The van der Waals surface area contributed by atoms with Crippen LogP contribution in [0.1, 0.15) is 5.69 Å². The predicted octanol–water partition coefficient (Wildman–Crippen LogP) is 3.88. The van der Waals surface area contributed by atoms with Crippen molar-refractivity contribution in [1.29, 1.82) is 0 Å².